The van der Waals surface area contributed by atoms with Gasteiger partial charge in [0.05, 0.1) is 12.0 Å². The Morgan fingerprint density at radius 1 is 1.12 bits per heavy atom. The van der Waals surface area contributed by atoms with E-state index in [0.717, 1.165) is 4.47 Å². The molecule has 132 valence electrons. The van der Waals surface area contributed by atoms with E-state index in [1.165, 1.54) is 36.4 Å². The van der Waals surface area contributed by atoms with Gasteiger partial charge in [0.15, 0.2) is 5.78 Å². The molecule has 1 aliphatic rings. The minimum Gasteiger partial charge on any atom is -0.391 e. The molecule has 0 bridgehead atoms. The van der Waals surface area contributed by atoms with Crippen LogP contribution in [-0.2, 0) is 4.75 Å². The van der Waals surface area contributed by atoms with Crippen LogP contribution in [0.2, 0.25) is 0 Å². The van der Waals surface area contributed by atoms with E-state index in [1.807, 2.05) is 0 Å². The molecule has 2 nitrogen and oxygen atoms in total. The Hall–Kier alpha value is -1.31. The molecule has 0 radical (unpaired) electrons. The number of hydrogen-bond donors (Lipinski definition) is 1. The highest BCUT2D eigenvalue weighted by Crippen LogP contribution is 2.60. The number of carbonyl (C=O) groups is 1. The van der Waals surface area contributed by atoms with Crippen LogP contribution in [-0.4, -0.2) is 28.9 Å². The van der Waals surface area contributed by atoms with Gasteiger partial charge < -0.3 is 5.11 Å². The van der Waals surface area contributed by atoms with E-state index in [2.05, 4.69) is 15.9 Å². The van der Waals surface area contributed by atoms with Crippen molar-refractivity contribution < 1.29 is 23.1 Å². The molecule has 1 aliphatic heterocycles. The molecule has 1 N–H and O–H groups in total. The summed E-state index contributed by atoms with van der Waals surface area (Å²) in [6.45, 7) is 0. The average Bonchev–Trinajstić information content (AvgIpc) is 2.94. The van der Waals surface area contributed by atoms with Crippen LogP contribution in [0.4, 0.5) is 13.2 Å². The Morgan fingerprint density at radius 2 is 1.72 bits per heavy atom. The van der Waals surface area contributed by atoms with Gasteiger partial charge in [-0.25, -0.2) is 0 Å². The monoisotopic (exact) mass is 430 g/mol. The Labute approximate surface area is 155 Å². The van der Waals surface area contributed by atoms with E-state index in [1.54, 1.807) is 18.2 Å². The molecular formula is C18H14BrF3O2S. The first kappa shape index (κ1) is 18.5. The summed E-state index contributed by atoms with van der Waals surface area (Å²) in [5, 5.41) is 10.3. The van der Waals surface area contributed by atoms with Crippen molar-refractivity contribution in [2.24, 2.45) is 5.92 Å². The number of hydrogen-bond acceptors (Lipinski definition) is 3. The van der Waals surface area contributed by atoms with Gasteiger partial charge in [0.25, 0.3) is 0 Å². The molecule has 1 saturated heterocycles. The van der Waals surface area contributed by atoms with Crippen LogP contribution < -0.4 is 0 Å². The molecule has 0 unspecified atom stereocenters. The van der Waals surface area contributed by atoms with Crippen LogP contribution in [0.1, 0.15) is 15.9 Å². The maximum absolute atomic E-state index is 14.2. The number of thioether (sulfide) groups is 1. The van der Waals surface area contributed by atoms with Crippen LogP contribution in [0.3, 0.4) is 0 Å². The zero-order valence-electron chi connectivity index (χ0n) is 12.8. The van der Waals surface area contributed by atoms with Gasteiger partial charge in [0.2, 0.25) is 0 Å². The molecule has 3 rings (SSSR count). The molecule has 1 fully saturated rings. The number of aliphatic hydroxyl groups is 1. The SMILES string of the molecule is O=C(c1ccc(Br)cc1)[C@@H]1[C@H](O)CS[C@@]1(c1ccccc1)C(F)(F)F. The molecule has 0 spiro atoms. The summed E-state index contributed by atoms with van der Waals surface area (Å²) in [6.07, 6.45) is -6.06. The quantitative estimate of drug-likeness (QED) is 0.709. The number of aliphatic hydroxyl groups excluding tert-OH is 1. The lowest BCUT2D eigenvalue weighted by Crippen LogP contribution is -2.49. The van der Waals surface area contributed by atoms with Crippen LogP contribution in [0, 0.1) is 5.92 Å². The van der Waals surface area contributed by atoms with E-state index >= 15 is 0 Å². The van der Waals surface area contributed by atoms with Gasteiger partial charge >= 0.3 is 6.18 Å². The third-order valence-electron chi connectivity index (χ3n) is 4.34. The lowest BCUT2D eigenvalue weighted by molar-refractivity contribution is -0.174. The van der Waals surface area contributed by atoms with Gasteiger partial charge in [0.1, 0.15) is 4.75 Å². The van der Waals surface area contributed by atoms with Crippen molar-refractivity contribution in [3.63, 3.8) is 0 Å². The first-order valence-electron chi connectivity index (χ1n) is 7.51. The summed E-state index contributed by atoms with van der Waals surface area (Å²) in [7, 11) is 0. The van der Waals surface area contributed by atoms with Crippen LogP contribution in [0.25, 0.3) is 0 Å². The van der Waals surface area contributed by atoms with E-state index in [0.29, 0.717) is 11.8 Å². The van der Waals surface area contributed by atoms with E-state index in [4.69, 9.17) is 0 Å². The van der Waals surface area contributed by atoms with Gasteiger partial charge in [0, 0.05) is 15.8 Å². The molecule has 0 saturated carbocycles. The van der Waals surface area contributed by atoms with Crippen molar-refractivity contribution in [3.8, 4) is 0 Å². The molecule has 0 amide bonds. The second-order valence-electron chi connectivity index (χ2n) is 5.83. The summed E-state index contributed by atoms with van der Waals surface area (Å²) in [5.41, 5.74) is 0.138. The predicted molar refractivity (Wildman–Crippen MR) is 94.6 cm³/mol. The lowest BCUT2D eigenvalue weighted by atomic mass is 9.77. The highest BCUT2D eigenvalue weighted by molar-refractivity contribution is 9.10. The molecule has 2 aromatic carbocycles. The normalized spacial score (nSPS) is 26.6. The Balaban J connectivity index is 2.14. The van der Waals surface area contributed by atoms with Gasteiger partial charge in [-0.2, -0.15) is 13.2 Å². The second kappa shape index (κ2) is 6.78. The standard InChI is InChI=1S/C18H14BrF3O2S/c19-13-8-6-11(7-9-13)16(24)15-14(23)10-25-17(15,18(20,21)22)12-4-2-1-3-5-12/h1-9,14-15,23H,10H2/t14-,15+,17-/m1/s1. The topological polar surface area (TPSA) is 37.3 Å². The third kappa shape index (κ3) is 3.13. The van der Waals surface area contributed by atoms with Gasteiger partial charge in [-0.3, -0.25) is 4.79 Å². The smallest absolute Gasteiger partial charge is 0.391 e. The maximum atomic E-state index is 14.2. The number of carbonyl (C=O) groups excluding carboxylic acids is 1. The molecule has 1 heterocycles. The minimum absolute atomic E-state index is 0.0143. The van der Waals surface area contributed by atoms with Crippen LogP contribution >= 0.6 is 27.7 Å². The van der Waals surface area contributed by atoms with Crippen molar-refractivity contribution in [1.82, 2.24) is 0 Å². The minimum atomic E-state index is -4.69. The number of alkyl halides is 3. The van der Waals surface area contributed by atoms with Gasteiger partial charge in [-0.1, -0.05) is 58.4 Å². The lowest BCUT2D eigenvalue weighted by Gasteiger charge is -2.36. The third-order valence-corrected chi connectivity index (χ3v) is 6.55. The number of benzene rings is 2. The molecule has 2 aromatic rings. The van der Waals surface area contributed by atoms with Crippen molar-refractivity contribution in [2.45, 2.75) is 17.0 Å². The number of rotatable bonds is 3. The molecule has 0 aromatic heterocycles. The van der Waals surface area contributed by atoms with Crippen molar-refractivity contribution >= 4 is 33.5 Å². The van der Waals surface area contributed by atoms with Crippen molar-refractivity contribution in [2.75, 3.05) is 5.75 Å². The van der Waals surface area contributed by atoms with E-state index in [9.17, 15) is 23.1 Å². The fraction of sp³-hybridized carbons (Fsp3) is 0.278. The first-order chi connectivity index (χ1) is 11.8. The molecule has 3 atom stereocenters. The summed E-state index contributed by atoms with van der Waals surface area (Å²) in [6, 6.07) is 13.5. The Morgan fingerprint density at radius 3 is 2.28 bits per heavy atom. The largest absolute Gasteiger partial charge is 0.408 e. The summed E-state index contributed by atoms with van der Waals surface area (Å²) in [4.78, 5) is 12.9. The van der Waals surface area contributed by atoms with Crippen LogP contribution in [0.15, 0.2) is 59.1 Å². The van der Waals surface area contributed by atoms with Gasteiger partial charge in [-0.15, -0.1) is 11.8 Å². The molecule has 7 heteroatoms. The van der Waals surface area contributed by atoms with E-state index < -0.39 is 28.7 Å². The van der Waals surface area contributed by atoms with Crippen LogP contribution in [0.5, 0.6) is 0 Å². The number of Topliss-reactive ketones (excluding diaryl/α,β-unsaturated/α-hetero) is 1. The zero-order valence-corrected chi connectivity index (χ0v) is 15.2. The highest BCUT2D eigenvalue weighted by Gasteiger charge is 2.67. The highest BCUT2D eigenvalue weighted by atomic mass is 79.9. The molecule has 0 aliphatic carbocycles. The van der Waals surface area contributed by atoms with Crippen molar-refractivity contribution in [3.05, 3.63) is 70.2 Å². The molecule has 25 heavy (non-hydrogen) atoms. The predicted octanol–water partition coefficient (Wildman–Crippen LogP) is 4.81. The first-order valence-corrected chi connectivity index (χ1v) is 9.29. The fourth-order valence-corrected chi connectivity index (χ4v) is 5.00. The second-order valence-corrected chi connectivity index (χ2v) is 8.01. The zero-order chi connectivity index (χ0) is 18.2. The fourth-order valence-electron chi connectivity index (χ4n) is 3.20. The Kier molecular flexibility index (Phi) is 5.01. The van der Waals surface area contributed by atoms with E-state index in [-0.39, 0.29) is 16.9 Å². The number of halogens is 4. The average molecular weight is 431 g/mol. The maximum Gasteiger partial charge on any atom is 0.408 e. The summed E-state index contributed by atoms with van der Waals surface area (Å²) < 4.78 is 40.8. The Bertz CT molecular complexity index is 764. The number of ketones is 1. The molecular weight excluding hydrogens is 417 g/mol. The van der Waals surface area contributed by atoms with Crippen molar-refractivity contribution in [1.29, 1.82) is 0 Å². The summed E-state index contributed by atoms with van der Waals surface area (Å²) in [5.74, 6) is -2.45. The van der Waals surface area contributed by atoms with Gasteiger partial charge in [-0.05, 0) is 17.7 Å². The summed E-state index contributed by atoms with van der Waals surface area (Å²) >= 11 is 3.82.